The van der Waals surface area contributed by atoms with Crippen molar-refractivity contribution in [2.75, 3.05) is 25.5 Å². The number of benzene rings is 2. The van der Waals surface area contributed by atoms with E-state index in [-0.39, 0.29) is 17.7 Å². The predicted octanol–water partition coefficient (Wildman–Crippen LogP) is 4.77. The molecule has 2 aromatic carbocycles. The molecule has 0 unspecified atom stereocenters. The van der Waals surface area contributed by atoms with E-state index in [0.717, 1.165) is 17.1 Å². The highest BCUT2D eigenvalue weighted by Gasteiger charge is 2.27. The Morgan fingerprint density at radius 1 is 1.00 bits per heavy atom. The lowest BCUT2D eigenvalue weighted by atomic mass is 9.95. The molecule has 2 amide bonds. The van der Waals surface area contributed by atoms with Crippen molar-refractivity contribution in [3.8, 4) is 17.1 Å². The number of hydrogen-bond acceptors (Lipinski definition) is 4. The molecular weight excluding hydrogens is 404 g/mol. The monoisotopic (exact) mass is 432 g/mol. The molecule has 1 aliphatic heterocycles. The maximum absolute atomic E-state index is 12.7. The summed E-state index contributed by atoms with van der Waals surface area (Å²) in [5, 5.41) is 2.96. The van der Waals surface area contributed by atoms with E-state index in [4.69, 9.17) is 9.15 Å². The quantitative estimate of drug-likeness (QED) is 0.584. The van der Waals surface area contributed by atoms with Crippen LogP contribution in [0.2, 0.25) is 0 Å². The maximum Gasteiger partial charge on any atom is 0.227 e. The van der Waals surface area contributed by atoms with Crippen LogP contribution in [0.15, 0.2) is 71.1 Å². The lowest BCUT2D eigenvalue weighted by Crippen LogP contribution is -2.41. The minimum absolute atomic E-state index is 0.0226. The van der Waals surface area contributed by atoms with Crippen LogP contribution in [-0.4, -0.2) is 36.9 Å². The average molecular weight is 433 g/mol. The van der Waals surface area contributed by atoms with Crippen LogP contribution >= 0.6 is 0 Å². The van der Waals surface area contributed by atoms with Gasteiger partial charge in [0.1, 0.15) is 17.3 Å². The van der Waals surface area contributed by atoms with Gasteiger partial charge < -0.3 is 19.4 Å². The number of piperidine rings is 1. The van der Waals surface area contributed by atoms with Gasteiger partial charge in [-0.3, -0.25) is 9.59 Å². The van der Waals surface area contributed by atoms with Gasteiger partial charge in [-0.15, -0.1) is 0 Å². The van der Waals surface area contributed by atoms with Crippen LogP contribution in [0.25, 0.3) is 11.3 Å². The second kappa shape index (κ2) is 10.2. The Morgan fingerprint density at radius 2 is 1.72 bits per heavy atom. The summed E-state index contributed by atoms with van der Waals surface area (Å²) in [6.07, 6.45) is 2.29. The molecule has 4 rings (SSSR count). The Balaban J connectivity index is 1.24. The standard InChI is InChI=1S/C26H28N2O4/c1-31-24-10-6-5-9-22(24)27-26(30)20-15-17-28(18-16-20)25(29)14-12-21-11-13-23(32-21)19-7-3-2-4-8-19/h2-11,13,20H,12,14-18H2,1H3,(H,27,30). The first-order chi connectivity index (χ1) is 15.6. The van der Waals surface area contributed by atoms with Gasteiger partial charge in [-0.2, -0.15) is 0 Å². The number of methoxy groups -OCH3 is 1. The van der Waals surface area contributed by atoms with Crippen molar-refractivity contribution in [3.63, 3.8) is 0 Å². The fourth-order valence-electron chi connectivity index (χ4n) is 4.03. The molecule has 1 saturated heterocycles. The van der Waals surface area contributed by atoms with Gasteiger partial charge in [0.15, 0.2) is 0 Å². The molecule has 0 spiro atoms. The SMILES string of the molecule is COc1ccccc1NC(=O)C1CCN(C(=O)CCc2ccc(-c3ccccc3)o2)CC1. The van der Waals surface area contributed by atoms with Gasteiger partial charge in [0.2, 0.25) is 11.8 Å². The van der Waals surface area contributed by atoms with Crippen molar-refractivity contribution in [3.05, 3.63) is 72.5 Å². The lowest BCUT2D eigenvalue weighted by molar-refractivity contribution is -0.134. The molecule has 0 atom stereocenters. The van der Waals surface area contributed by atoms with Crippen molar-refractivity contribution in [1.29, 1.82) is 0 Å². The van der Waals surface area contributed by atoms with E-state index in [1.165, 1.54) is 0 Å². The summed E-state index contributed by atoms with van der Waals surface area (Å²) in [5.41, 5.74) is 1.70. The van der Waals surface area contributed by atoms with Gasteiger partial charge in [0.05, 0.1) is 12.8 Å². The van der Waals surface area contributed by atoms with E-state index < -0.39 is 0 Å². The number of amides is 2. The minimum atomic E-state index is -0.109. The summed E-state index contributed by atoms with van der Waals surface area (Å²) in [6, 6.07) is 21.2. The third-order valence-electron chi connectivity index (χ3n) is 5.89. The molecule has 6 heteroatoms. The molecule has 1 fully saturated rings. The Hall–Kier alpha value is -3.54. The summed E-state index contributed by atoms with van der Waals surface area (Å²) in [5.74, 6) is 2.24. The summed E-state index contributed by atoms with van der Waals surface area (Å²) in [4.78, 5) is 27.2. The number of furan rings is 1. The molecule has 1 N–H and O–H groups in total. The summed E-state index contributed by atoms with van der Waals surface area (Å²) < 4.78 is 11.2. The molecule has 0 aliphatic carbocycles. The van der Waals surface area contributed by atoms with E-state index >= 15 is 0 Å². The Bertz CT molecular complexity index is 1050. The summed E-state index contributed by atoms with van der Waals surface area (Å²) in [7, 11) is 1.58. The Morgan fingerprint density at radius 3 is 2.47 bits per heavy atom. The van der Waals surface area contributed by atoms with Gasteiger partial charge in [-0.25, -0.2) is 0 Å². The molecule has 1 aliphatic rings. The molecule has 3 aromatic rings. The van der Waals surface area contributed by atoms with Crippen LogP contribution in [0.4, 0.5) is 5.69 Å². The molecular formula is C26H28N2O4. The molecule has 1 aromatic heterocycles. The van der Waals surface area contributed by atoms with Crippen molar-refractivity contribution < 1.29 is 18.7 Å². The molecule has 166 valence electrons. The number of carbonyl (C=O) groups is 2. The van der Waals surface area contributed by atoms with Gasteiger partial charge in [-0.05, 0) is 37.1 Å². The summed E-state index contributed by atoms with van der Waals surface area (Å²) >= 11 is 0. The molecule has 0 saturated carbocycles. The van der Waals surface area contributed by atoms with Crippen LogP contribution in [0, 0.1) is 5.92 Å². The third kappa shape index (κ3) is 5.19. The van der Waals surface area contributed by atoms with E-state index in [2.05, 4.69) is 5.32 Å². The topological polar surface area (TPSA) is 71.8 Å². The van der Waals surface area contributed by atoms with E-state index in [1.54, 1.807) is 7.11 Å². The van der Waals surface area contributed by atoms with E-state index in [0.29, 0.717) is 50.2 Å². The van der Waals surface area contributed by atoms with Crippen LogP contribution in [0.5, 0.6) is 5.75 Å². The molecule has 32 heavy (non-hydrogen) atoms. The van der Waals surface area contributed by atoms with Gasteiger partial charge in [0, 0.05) is 37.4 Å². The molecule has 6 nitrogen and oxygen atoms in total. The largest absolute Gasteiger partial charge is 0.495 e. The highest BCUT2D eigenvalue weighted by molar-refractivity contribution is 5.94. The third-order valence-corrected chi connectivity index (χ3v) is 5.89. The Kier molecular flexibility index (Phi) is 6.90. The predicted molar refractivity (Wildman–Crippen MR) is 123 cm³/mol. The second-order valence-corrected chi connectivity index (χ2v) is 7.98. The van der Waals surface area contributed by atoms with Crippen LogP contribution in [0.3, 0.4) is 0 Å². The fraction of sp³-hybridized carbons (Fsp3) is 0.308. The summed E-state index contributed by atoms with van der Waals surface area (Å²) in [6.45, 7) is 1.19. The number of ether oxygens (including phenoxy) is 1. The lowest BCUT2D eigenvalue weighted by Gasteiger charge is -2.31. The normalized spacial score (nSPS) is 14.2. The number of nitrogens with one attached hydrogen (secondary N) is 1. The van der Waals surface area contributed by atoms with E-state index in [9.17, 15) is 9.59 Å². The number of anilines is 1. The first-order valence-electron chi connectivity index (χ1n) is 11.0. The molecule has 0 bridgehead atoms. The molecule has 2 heterocycles. The van der Waals surface area contributed by atoms with Crippen molar-refractivity contribution in [1.82, 2.24) is 4.90 Å². The van der Waals surface area contributed by atoms with Crippen molar-refractivity contribution in [2.24, 2.45) is 5.92 Å². The van der Waals surface area contributed by atoms with Crippen LogP contribution in [0.1, 0.15) is 25.0 Å². The zero-order chi connectivity index (χ0) is 22.3. The first kappa shape index (κ1) is 21.7. The number of likely N-dealkylation sites (tertiary alicyclic amines) is 1. The van der Waals surface area contributed by atoms with Gasteiger partial charge in [0.25, 0.3) is 0 Å². The number of carbonyl (C=O) groups excluding carboxylic acids is 2. The van der Waals surface area contributed by atoms with Gasteiger partial charge >= 0.3 is 0 Å². The number of rotatable bonds is 7. The number of hydrogen-bond donors (Lipinski definition) is 1. The zero-order valence-corrected chi connectivity index (χ0v) is 18.3. The second-order valence-electron chi connectivity index (χ2n) is 7.98. The number of aryl methyl sites for hydroxylation is 1. The van der Waals surface area contributed by atoms with Crippen LogP contribution < -0.4 is 10.1 Å². The first-order valence-corrected chi connectivity index (χ1v) is 11.0. The highest BCUT2D eigenvalue weighted by atomic mass is 16.5. The average Bonchev–Trinajstić information content (AvgIpc) is 3.32. The van der Waals surface area contributed by atoms with Gasteiger partial charge in [-0.1, -0.05) is 42.5 Å². The Labute approximate surface area is 188 Å². The smallest absolute Gasteiger partial charge is 0.227 e. The highest BCUT2D eigenvalue weighted by Crippen LogP contribution is 2.26. The van der Waals surface area contributed by atoms with Crippen molar-refractivity contribution >= 4 is 17.5 Å². The maximum atomic E-state index is 12.7. The fourth-order valence-corrected chi connectivity index (χ4v) is 4.03. The minimum Gasteiger partial charge on any atom is -0.495 e. The molecule has 0 radical (unpaired) electrons. The van der Waals surface area contributed by atoms with Crippen LogP contribution in [-0.2, 0) is 16.0 Å². The number of nitrogens with zero attached hydrogens (tertiary/aromatic N) is 1. The zero-order valence-electron chi connectivity index (χ0n) is 18.3. The van der Waals surface area contributed by atoms with E-state index in [1.807, 2.05) is 71.6 Å². The number of para-hydroxylation sites is 2. The van der Waals surface area contributed by atoms with Crippen molar-refractivity contribution in [2.45, 2.75) is 25.7 Å².